The molecule has 1 amide bonds. The maximum Gasteiger partial charge on any atom is 0.222 e. The fraction of sp³-hybridized carbons (Fsp3) is 0.667. The number of carbonyl (C=O) groups is 1. The third kappa shape index (κ3) is 6.36. The van der Waals surface area contributed by atoms with E-state index in [1.165, 1.54) is 12.1 Å². The molecule has 5 heteroatoms. The number of benzene rings is 1. The van der Waals surface area contributed by atoms with Crippen LogP contribution >= 0.6 is 0 Å². The van der Waals surface area contributed by atoms with Crippen LogP contribution in [-0.2, 0) is 11.3 Å². The Balaban J connectivity index is 1.99. The van der Waals surface area contributed by atoms with Crippen LogP contribution in [0.1, 0.15) is 38.7 Å². The molecule has 1 fully saturated rings. The average molecular weight is 364 g/mol. The van der Waals surface area contributed by atoms with Crippen molar-refractivity contribution in [1.82, 2.24) is 14.7 Å². The number of nitrogens with zero attached hydrogens (tertiary/aromatic N) is 3. The second kappa shape index (κ2) is 10.0. The second-order valence-corrected chi connectivity index (χ2v) is 8.01. The normalized spacial score (nSPS) is 19.2. The molecule has 1 aliphatic rings. The van der Waals surface area contributed by atoms with Gasteiger partial charge in [0.1, 0.15) is 5.82 Å². The molecule has 0 aromatic heterocycles. The van der Waals surface area contributed by atoms with Gasteiger partial charge in [-0.25, -0.2) is 4.39 Å². The van der Waals surface area contributed by atoms with Crippen molar-refractivity contribution >= 4 is 5.91 Å². The van der Waals surface area contributed by atoms with Gasteiger partial charge in [-0.1, -0.05) is 26.0 Å². The van der Waals surface area contributed by atoms with Gasteiger partial charge in [-0.05, 0) is 57.1 Å². The van der Waals surface area contributed by atoms with Crippen LogP contribution in [0.5, 0.6) is 0 Å². The highest BCUT2D eigenvalue weighted by Gasteiger charge is 2.29. The fourth-order valence-corrected chi connectivity index (χ4v) is 3.65. The van der Waals surface area contributed by atoms with Crippen molar-refractivity contribution < 1.29 is 9.18 Å². The molecule has 0 aliphatic carbocycles. The molecular weight excluding hydrogens is 329 g/mol. The van der Waals surface area contributed by atoms with E-state index in [0.29, 0.717) is 18.4 Å². The van der Waals surface area contributed by atoms with Gasteiger partial charge in [0.05, 0.1) is 0 Å². The van der Waals surface area contributed by atoms with Crippen LogP contribution in [-0.4, -0.2) is 66.9 Å². The lowest BCUT2D eigenvalue weighted by Gasteiger charge is -2.34. The molecule has 26 heavy (non-hydrogen) atoms. The first-order chi connectivity index (χ1) is 12.4. The maximum absolute atomic E-state index is 13.2. The van der Waals surface area contributed by atoms with Gasteiger partial charge in [-0.2, -0.15) is 0 Å². The zero-order valence-electron chi connectivity index (χ0n) is 16.7. The third-order valence-electron chi connectivity index (χ3n) is 5.17. The second-order valence-electron chi connectivity index (χ2n) is 8.01. The summed E-state index contributed by atoms with van der Waals surface area (Å²) in [5.41, 5.74) is 1.13. The molecule has 0 N–H and O–H groups in total. The van der Waals surface area contributed by atoms with E-state index >= 15 is 0 Å². The molecule has 4 nitrogen and oxygen atoms in total. The summed E-state index contributed by atoms with van der Waals surface area (Å²) in [5.74, 6) is 0.547. The number of amides is 1. The summed E-state index contributed by atoms with van der Waals surface area (Å²) in [5, 5.41) is 0. The van der Waals surface area contributed by atoms with Crippen LogP contribution in [0.15, 0.2) is 24.3 Å². The van der Waals surface area contributed by atoms with E-state index in [-0.39, 0.29) is 11.7 Å². The lowest BCUT2D eigenvalue weighted by molar-refractivity contribution is -0.131. The van der Waals surface area contributed by atoms with Crippen LogP contribution in [0, 0.1) is 11.7 Å². The van der Waals surface area contributed by atoms with Crippen molar-refractivity contribution in [3.05, 3.63) is 35.6 Å². The SMILES string of the molecule is CC(C)[C@@H]1CN(C(=O)CCCN(C)C)CCCN1Cc1ccc(F)cc1. The largest absolute Gasteiger partial charge is 0.341 e. The quantitative estimate of drug-likeness (QED) is 0.744. The molecule has 0 saturated carbocycles. The molecule has 1 aromatic carbocycles. The molecule has 0 unspecified atom stereocenters. The lowest BCUT2D eigenvalue weighted by atomic mass is 10.0. The number of carbonyl (C=O) groups excluding carboxylic acids is 1. The van der Waals surface area contributed by atoms with Gasteiger partial charge in [0.15, 0.2) is 0 Å². The van der Waals surface area contributed by atoms with Gasteiger partial charge in [0, 0.05) is 38.6 Å². The number of hydrogen-bond acceptors (Lipinski definition) is 3. The van der Waals surface area contributed by atoms with Crippen LogP contribution < -0.4 is 0 Å². The zero-order chi connectivity index (χ0) is 19.1. The molecule has 1 aliphatic heterocycles. The third-order valence-corrected chi connectivity index (χ3v) is 5.17. The van der Waals surface area contributed by atoms with Crippen molar-refractivity contribution in [3.63, 3.8) is 0 Å². The average Bonchev–Trinajstić information content (AvgIpc) is 2.79. The van der Waals surface area contributed by atoms with Crippen molar-refractivity contribution in [2.45, 2.75) is 45.7 Å². The van der Waals surface area contributed by atoms with Gasteiger partial charge < -0.3 is 9.80 Å². The molecule has 2 rings (SSSR count). The molecular formula is C21H34FN3O. The Morgan fingerprint density at radius 3 is 2.54 bits per heavy atom. The van der Waals surface area contributed by atoms with Crippen LogP contribution in [0.2, 0.25) is 0 Å². The van der Waals surface area contributed by atoms with Gasteiger partial charge in [0.2, 0.25) is 5.91 Å². The highest BCUT2D eigenvalue weighted by atomic mass is 19.1. The summed E-state index contributed by atoms with van der Waals surface area (Å²) in [4.78, 5) is 19.3. The Bertz CT molecular complexity index is 559. The highest BCUT2D eigenvalue weighted by Crippen LogP contribution is 2.21. The first-order valence-corrected chi connectivity index (χ1v) is 9.78. The minimum absolute atomic E-state index is 0.195. The summed E-state index contributed by atoms with van der Waals surface area (Å²) in [7, 11) is 4.08. The standard InChI is InChI=1S/C21H34FN3O/c1-17(2)20-16-25(21(26)7-5-12-23(3)4)14-6-13-24(20)15-18-8-10-19(22)11-9-18/h8-11,17,20H,5-7,12-16H2,1-4H3/t20-/m0/s1. The monoisotopic (exact) mass is 363 g/mol. The van der Waals surface area contributed by atoms with E-state index in [9.17, 15) is 9.18 Å². The van der Waals surface area contributed by atoms with E-state index in [4.69, 9.17) is 0 Å². The molecule has 0 spiro atoms. The smallest absolute Gasteiger partial charge is 0.222 e. The predicted octanol–water partition coefficient (Wildman–Crippen LogP) is 3.23. The molecule has 0 radical (unpaired) electrons. The van der Waals surface area contributed by atoms with Crippen LogP contribution in [0.3, 0.4) is 0 Å². The molecule has 146 valence electrons. The van der Waals surface area contributed by atoms with Crippen LogP contribution in [0.25, 0.3) is 0 Å². The maximum atomic E-state index is 13.2. The number of rotatable bonds is 7. The topological polar surface area (TPSA) is 26.8 Å². The first-order valence-electron chi connectivity index (χ1n) is 9.78. The summed E-state index contributed by atoms with van der Waals surface area (Å²) >= 11 is 0. The molecule has 1 aromatic rings. The minimum atomic E-state index is -0.195. The summed E-state index contributed by atoms with van der Waals surface area (Å²) in [6.07, 6.45) is 2.53. The van der Waals surface area contributed by atoms with Crippen molar-refractivity contribution in [2.75, 3.05) is 40.3 Å². The molecule has 1 atom stereocenters. The van der Waals surface area contributed by atoms with Crippen LogP contribution in [0.4, 0.5) is 4.39 Å². The Labute approximate surface area is 158 Å². The Kier molecular flexibility index (Phi) is 8.04. The van der Waals surface area contributed by atoms with E-state index in [1.807, 2.05) is 26.2 Å². The Morgan fingerprint density at radius 1 is 1.23 bits per heavy atom. The Hall–Kier alpha value is -1.46. The van der Waals surface area contributed by atoms with Gasteiger partial charge in [-0.15, -0.1) is 0 Å². The number of halogens is 1. The Morgan fingerprint density at radius 2 is 1.92 bits per heavy atom. The highest BCUT2D eigenvalue weighted by molar-refractivity contribution is 5.76. The number of hydrogen-bond donors (Lipinski definition) is 0. The molecule has 0 bridgehead atoms. The van der Waals surface area contributed by atoms with Crippen molar-refractivity contribution in [2.24, 2.45) is 5.92 Å². The van der Waals surface area contributed by atoms with E-state index in [2.05, 4.69) is 28.5 Å². The van der Waals surface area contributed by atoms with Crippen molar-refractivity contribution in [1.29, 1.82) is 0 Å². The minimum Gasteiger partial charge on any atom is -0.341 e. The van der Waals surface area contributed by atoms with E-state index in [1.54, 1.807) is 0 Å². The zero-order valence-corrected chi connectivity index (χ0v) is 16.7. The summed E-state index contributed by atoms with van der Waals surface area (Å²) in [6.45, 7) is 8.81. The lowest BCUT2D eigenvalue weighted by Crippen LogP contribution is -2.45. The van der Waals surface area contributed by atoms with Gasteiger partial charge in [-0.3, -0.25) is 9.69 Å². The first kappa shape index (κ1) is 20.8. The fourth-order valence-electron chi connectivity index (χ4n) is 3.65. The van der Waals surface area contributed by atoms with E-state index < -0.39 is 0 Å². The molecule has 1 saturated heterocycles. The van der Waals surface area contributed by atoms with Crippen molar-refractivity contribution in [3.8, 4) is 0 Å². The summed E-state index contributed by atoms with van der Waals surface area (Å²) in [6, 6.07) is 7.11. The van der Waals surface area contributed by atoms with Gasteiger partial charge in [0.25, 0.3) is 0 Å². The van der Waals surface area contributed by atoms with Gasteiger partial charge >= 0.3 is 0 Å². The van der Waals surface area contributed by atoms with E-state index in [0.717, 1.165) is 51.1 Å². The summed E-state index contributed by atoms with van der Waals surface area (Å²) < 4.78 is 13.2. The molecule has 1 heterocycles. The predicted molar refractivity (Wildman–Crippen MR) is 104 cm³/mol.